The molecule has 0 N–H and O–H groups in total. The maximum Gasteiger partial charge on any atom is 0.305 e. The SMILES string of the molecule is CCOCCCN(C)CCCC(=O)OC. The van der Waals surface area contributed by atoms with Gasteiger partial charge in [-0.05, 0) is 33.4 Å². The number of carbonyl (C=O) groups excluding carboxylic acids is 1. The summed E-state index contributed by atoms with van der Waals surface area (Å²) in [5.41, 5.74) is 0. The summed E-state index contributed by atoms with van der Waals surface area (Å²) >= 11 is 0. The highest BCUT2D eigenvalue weighted by Gasteiger charge is 2.02. The average molecular weight is 217 g/mol. The van der Waals surface area contributed by atoms with Crippen molar-refractivity contribution >= 4 is 5.97 Å². The summed E-state index contributed by atoms with van der Waals surface area (Å²) in [5, 5.41) is 0. The van der Waals surface area contributed by atoms with Crippen molar-refractivity contribution in [2.24, 2.45) is 0 Å². The molecule has 0 saturated carbocycles. The first-order chi connectivity index (χ1) is 7.20. The number of nitrogens with zero attached hydrogens (tertiary/aromatic N) is 1. The maximum atomic E-state index is 10.8. The van der Waals surface area contributed by atoms with Crippen LogP contribution in [0, 0.1) is 0 Å². The van der Waals surface area contributed by atoms with Gasteiger partial charge in [0.05, 0.1) is 7.11 Å². The second-order valence-corrected chi connectivity index (χ2v) is 3.53. The molecule has 0 amide bonds. The van der Waals surface area contributed by atoms with Crippen molar-refractivity contribution in [3.63, 3.8) is 0 Å². The van der Waals surface area contributed by atoms with Crippen molar-refractivity contribution in [1.82, 2.24) is 4.90 Å². The van der Waals surface area contributed by atoms with Gasteiger partial charge in [-0.25, -0.2) is 0 Å². The molecule has 4 nitrogen and oxygen atoms in total. The summed E-state index contributed by atoms with van der Waals surface area (Å²) in [7, 11) is 3.48. The van der Waals surface area contributed by atoms with E-state index in [0.717, 1.165) is 39.1 Å². The first-order valence-electron chi connectivity index (χ1n) is 5.53. The summed E-state index contributed by atoms with van der Waals surface area (Å²) in [6.45, 7) is 5.55. The summed E-state index contributed by atoms with van der Waals surface area (Å²) < 4.78 is 9.81. The molecule has 0 spiro atoms. The number of methoxy groups -OCH3 is 1. The van der Waals surface area contributed by atoms with Gasteiger partial charge in [0.15, 0.2) is 0 Å². The molecule has 15 heavy (non-hydrogen) atoms. The second-order valence-electron chi connectivity index (χ2n) is 3.53. The molecule has 0 aliphatic heterocycles. The van der Waals surface area contributed by atoms with E-state index in [4.69, 9.17) is 4.74 Å². The molecule has 0 aliphatic carbocycles. The lowest BCUT2D eigenvalue weighted by Crippen LogP contribution is -2.22. The predicted molar refractivity (Wildman–Crippen MR) is 59.9 cm³/mol. The maximum absolute atomic E-state index is 10.8. The molecule has 0 radical (unpaired) electrons. The lowest BCUT2D eigenvalue weighted by atomic mass is 10.3. The molecular weight excluding hydrogens is 194 g/mol. The smallest absolute Gasteiger partial charge is 0.305 e. The Morgan fingerprint density at radius 1 is 1.27 bits per heavy atom. The van der Waals surface area contributed by atoms with Crippen LogP contribution in [0.25, 0.3) is 0 Å². The minimum Gasteiger partial charge on any atom is -0.469 e. The fraction of sp³-hybridized carbons (Fsp3) is 0.909. The van der Waals surface area contributed by atoms with E-state index in [9.17, 15) is 4.79 Å². The van der Waals surface area contributed by atoms with Crippen LogP contribution in [0.2, 0.25) is 0 Å². The summed E-state index contributed by atoms with van der Waals surface area (Å²) in [4.78, 5) is 13.0. The highest BCUT2D eigenvalue weighted by atomic mass is 16.5. The molecule has 0 unspecified atom stereocenters. The fourth-order valence-electron chi connectivity index (χ4n) is 1.29. The Bertz CT molecular complexity index is 162. The zero-order valence-corrected chi connectivity index (χ0v) is 10.1. The van der Waals surface area contributed by atoms with Gasteiger partial charge in [0.2, 0.25) is 0 Å². The van der Waals surface area contributed by atoms with Crippen molar-refractivity contribution < 1.29 is 14.3 Å². The third-order valence-corrected chi connectivity index (χ3v) is 2.18. The molecule has 0 heterocycles. The van der Waals surface area contributed by atoms with Crippen LogP contribution in [0.5, 0.6) is 0 Å². The minimum absolute atomic E-state index is 0.127. The topological polar surface area (TPSA) is 38.8 Å². The normalized spacial score (nSPS) is 10.7. The zero-order valence-electron chi connectivity index (χ0n) is 10.1. The van der Waals surface area contributed by atoms with E-state index >= 15 is 0 Å². The molecule has 0 aromatic heterocycles. The lowest BCUT2D eigenvalue weighted by Gasteiger charge is -2.15. The van der Waals surface area contributed by atoms with Crippen LogP contribution in [0.1, 0.15) is 26.2 Å². The average Bonchev–Trinajstić information content (AvgIpc) is 2.24. The van der Waals surface area contributed by atoms with Gasteiger partial charge in [-0.2, -0.15) is 0 Å². The molecule has 0 bridgehead atoms. The standard InChI is InChI=1S/C11H23NO3/c1-4-15-10-6-9-12(2)8-5-7-11(13)14-3/h4-10H2,1-3H3. The van der Waals surface area contributed by atoms with Gasteiger partial charge in [-0.15, -0.1) is 0 Å². The third kappa shape index (κ3) is 9.69. The molecular formula is C11H23NO3. The minimum atomic E-state index is -0.127. The summed E-state index contributed by atoms with van der Waals surface area (Å²) in [6, 6.07) is 0. The second kappa shape index (κ2) is 9.93. The van der Waals surface area contributed by atoms with E-state index in [-0.39, 0.29) is 5.97 Å². The van der Waals surface area contributed by atoms with E-state index in [1.54, 1.807) is 0 Å². The molecule has 0 aromatic rings. The molecule has 0 fully saturated rings. The number of carbonyl (C=O) groups is 1. The van der Waals surface area contributed by atoms with E-state index < -0.39 is 0 Å². The molecule has 0 saturated heterocycles. The van der Waals surface area contributed by atoms with Gasteiger partial charge >= 0.3 is 5.97 Å². The number of ether oxygens (including phenoxy) is 2. The van der Waals surface area contributed by atoms with Crippen molar-refractivity contribution in [2.45, 2.75) is 26.2 Å². The fourth-order valence-corrected chi connectivity index (χ4v) is 1.29. The van der Waals surface area contributed by atoms with Gasteiger partial charge in [0.25, 0.3) is 0 Å². The van der Waals surface area contributed by atoms with Crippen LogP contribution in [0.4, 0.5) is 0 Å². The quantitative estimate of drug-likeness (QED) is 0.431. The Labute approximate surface area is 92.5 Å². The van der Waals surface area contributed by atoms with Gasteiger partial charge in [0, 0.05) is 26.2 Å². The zero-order chi connectivity index (χ0) is 11.5. The van der Waals surface area contributed by atoms with E-state index in [0.29, 0.717) is 6.42 Å². The van der Waals surface area contributed by atoms with Crippen LogP contribution in [-0.2, 0) is 14.3 Å². The van der Waals surface area contributed by atoms with Gasteiger partial charge in [-0.1, -0.05) is 0 Å². The summed E-state index contributed by atoms with van der Waals surface area (Å²) in [5.74, 6) is -0.127. The van der Waals surface area contributed by atoms with Gasteiger partial charge < -0.3 is 14.4 Å². The first kappa shape index (κ1) is 14.4. The van der Waals surface area contributed by atoms with E-state index in [1.807, 2.05) is 6.92 Å². The van der Waals surface area contributed by atoms with Gasteiger partial charge in [0.1, 0.15) is 0 Å². The Balaban J connectivity index is 3.25. The van der Waals surface area contributed by atoms with Crippen LogP contribution in [0.3, 0.4) is 0 Å². The molecule has 0 aromatic carbocycles. The van der Waals surface area contributed by atoms with Crippen molar-refractivity contribution in [3.05, 3.63) is 0 Å². The molecule has 0 rings (SSSR count). The van der Waals surface area contributed by atoms with Crippen LogP contribution in [0.15, 0.2) is 0 Å². The summed E-state index contributed by atoms with van der Waals surface area (Å²) in [6.07, 6.45) is 2.41. The number of rotatable bonds is 9. The molecule has 4 heteroatoms. The highest BCUT2D eigenvalue weighted by molar-refractivity contribution is 5.69. The first-order valence-corrected chi connectivity index (χ1v) is 5.53. The van der Waals surface area contributed by atoms with Gasteiger partial charge in [-0.3, -0.25) is 4.79 Å². The molecule has 0 aliphatic rings. The Morgan fingerprint density at radius 3 is 2.53 bits per heavy atom. The monoisotopic (exact) mass is 217 g/mol. The number of hydrogen-bond donors (Lipinski definition) is 0. The Kier molecular flexibility index (Phi) is 9.52. The predicted octanol–water partition coefficient (Wildman–Crippen LogP) is 1.30. The van der Waals surface area contributed by atoms with Crippen molar-refractivity contribution in [2.75, 3.05) is 40.5 Å². The van der Waals surface area contributed by atoms with E-state index in [1.165, 1.54) is 7.11 Å². The van der Waals surface area contributed by atoms with Crippen LogP contribution < -0.4 is 0 Å². The third-order valence-electron chi connectivity index (χ3n) is 2.18. The van der Waals surface area contributed by atoms with Crippen LogP contribution >= 0.6 is 0 Å². The van der Waals surface area contributed by atoms with Crippen molar-refractivity contribution in [1.29, 1.82) is 0 Å². The molecule has 0 atom stereocenters. The van der Waals surface area contributed by atoms with E-state index in [2.05, 4.69) is 16.7 Å². The Morgan fingerprint density at radius 2 is 1.93 bits per heavy atom. The number of esters is 1. The molecule has 90 valence electrons. The van der Waals surface area contributed by atoms with Crippen molar-refractivity contribution in [3.8, 4) is 0 Å². The van der Waals surface area contributed by atoms with Crippen LogP contribution in [-0.4, -0.2) is 51.3 Å². The number of hydrogen-bond acceptors (Lipinski definition) is 4. The highest BCUT2D eigenvalue weighted by Crippen LogP contribution is 1.96. The lowest BCUT2D eigenvalue weighted by molar-refractivity contribution is -0.140. The Hall–Kier alpha value is -0.610. The largest absolute Gasteiger partial charge is 0.469 e.